The number of Topliss-reactive ketones (excluding diaryl/α,β-unsaturated/α-hetero) is 1. The van der Waals surface area contributed by atoms with Crippen molar-refractivity contribution in [2.45, 2.75) is 50.7 Å². The van der Waals surface area contributed by atoms with Crippen LogP contribution in [0.1, 0.15) is 74.8 Å². The zero-order valence-electron chi connectivity index (χ0n) is 24.5. The van der Waals surface area contributed by atoms with Crippen molar-refractivity contribution in [1.82, 2.24) is 14.5 Å². The van der Waals surface area contributed by atoms with Gasteiger partial charge in [0.2, 0.25) is 0 Å². The Morgan fingerprint density at radius 3 is 2.51 bits per heavy atom. The summed E-state index contributed by atoms with van der Waals surface area (Å²) in [5.74, 6) is 0.762. The second-order valence-electron chi connectivity index (χ2n) is 11.9. The fourth-order valence-corrected chi connectivity index (χ4v) is 6.56. The molecule has 43 heavy (non-hydrogen) atoms. The Morgan fingerprint density at radius 1 is 1.00 bits per heavy atom. The van der Waals surface area contributed by atoms with Gasteiger partial charge in [-0.05, 0) is 61.2 Å². The van der Waals surface area contributed by atoms with Gasteiger partial charge in [0.1, 0.15) is 17.1 Å². The summed E-state index contributed by atoms with van der Waals surface area (Å²) in [7, 11) is 2.97. The van der Waals surface area contributed by atoms with Gasteiger partial charge in [0, 0.05) is 67.1 Å². The number of carbonyl (C=O) groups is 3. The lowest BCUT2D eigenvalue weighted by Gasteiger charge is -2.44. The van der Waals surface area contributed by atoms with Crippen molar-refractivity contribution in [3.05, 3.63) is 77.2 Å². The van der Waals surface area contributed by atoms with Crippen molar-refractivity contribution in [3.8, 4) is 22.6 Å². The van der Waals surface area contributed by atoms with E-state index in [9.17, 15) is 14.4 Å². The fraction of sp³-hybridized carbons (Fsp3) is 0.353. The maximum atomic E-state index is 13.7. The van der Waals surface area contributed by atoms with Crippen LogP contribution in [0.2, 0.25) is 0 Å². The van der Waals surface area contributed by atoms with E-state index in [1.165, 1.54) is 13.3 Å². The number of carbonyl (C=O) groups excluding carboxylic acids is 3. The third-order valence-electron chi connectivity index (χ3n) is 9.04. The smallest absolute Gasteiger partial charge is 0.339 e. The first-order valence-electron chi connectivity index (χ1n) is 14.7. The molecule has 7 rings (SSSR count). The molecule has 1 amide bonds. The van der Waals surface area contributed by atoms with Crippen molar-refractivity contribution in [2.24, 2.45) is 0 Å². The molecule has 1 spiro atoms. The first kappa shape index (κ1) is 27.2. The normalized spacial score (nSPS) is 17.5. The third-order valence-corrected chi connectivity index (χ3v) is 9.04. The van der Waals surface area contributed by atoms with Crippen LogP contribution in [-0.4, -0.2) is 65.0 Å². The van der Waals surface area contributed by atoms with Crippen LogP contribution in [0.5, 0.6) is 11.5 Å². The number of esters is 1. The Hall–Kier alpha value is -4.66. The minimum absolute atomic E-state index is 0.00588. The molecule has 1 aliphatic carbocycles. The number of fused-ring (bicyclic) bond motifs is 2. The van der Waals surface area contributed by atoms with E-state index < -0.39 is 11.6 Å². The van der Waals surface area contributed by atoms with Gasteiger partial charge in [0.05, 0.1) is 37.3 Å². The zero-order valence-corrected chi connectivity index (χ0v) is 24.5. The van der Waals surface area contributed by atoms with E-state index in [4.69, 9.17) is 14.2 Å². The van der Waals surface area contributed by atoms with Gasteiger partial charge in [-0.2, -0.15) is 0 Å². The van der Waals surface area contributed by atoms with Gasteiger partial charge in [-0.15, -0.1) is 0 Å². The Kier molecular flexibility index (Phi) is 6.49. The predicted molar refractivity (Wildman–Crippen MR) is 160 cm³/mol. The summed E-state index contributed by atoms with van der Waals surface area (Å²) in [6, 6.07) is 11.5. The maximum Gasteiger partial charge on any atom is 0.339 e. The highest BCUT2D eigenvalue weighted by atomic mass is 16.5. The van der Waals surface area contributed by atoms with Gasteiger partial charge in [0.25, 0.3) is 5.91 Å². The van der Waals surface area contributed by atoms with Crippen LogP contribution in [0, 0.1) is 6.92 Å². The average molecular weight is 580 g/mol. The molecule has 220 valence electrons. The van der Waals surface area contributed by atoms with E-state index >= 15 is 0 Å². The molecule has 9 heteroatoms. The SMILES string of the molecule is COC(=O)c1cncc(-c2ccc3c(c2)C(=O)CC2(CCN(C(=O)c4cc(OC)c5c(C)cn(C6CC6)c5c4)CC2)O3)c1. The summed E-state index contributed by atoms with van der Waals surface area (Å²) in [6.07, 6.45) is 8.94. The summed E-state index contributed by atoms with van der Waals surface area (Å²) in [4.78, 5) is 45.1. The fourth-order valence-electron chi connectivity index (χ4n) is 6.56. The molecule has 0 atom stereocenters. The number of amides is 1. The molecule has 3 aliphatic rings. The van der Waals surface area contributed by atoms with Crippen LogP contribution in [0.25, 0.3) is 22.0 Å². The van der Waals surface area contributed by atoms with Gasteiger partial charge in [0.15, 0.2) is 5.78 Å². The van der Waals surface area contributed by atoms with E-state index in [-0.39, 0.29) is 18.1 Å². The van der Waals surface area contributed by atoms with Crippen LogP contribution in [-0.2, 0) is 4.74 Å². The first-order chi connectivity index (χ1) is 20.8. The number of ketones is 1. The predicted octanol–water partition coefficient (Wildman–Crippen LogP) is 5.78. The molecule has 1 saturated carbocycles. The van der Waals surface area contributed by atoms with Crippen LogP contribution in [0.4, 0.5) is 0 Å². The van der Waals surface area contributed by atoms with E-state index in [1.54, 1.807) is 25.4 Å². The molecule has 1 saturated heterocycles. The lowest BCUT2D eigenvalue weighted by Crippen LogP contribution is -2.52. The van der Waals surface area contributed by atoms with Gasteiger partial charge >= 0.3 is 5.97 Å². The first-order valence-corrected chi connectivity index (χ1v) is 14.7. The van der Waals surface area contributed by atoms with Crippen LogP contribution in [0.3, 0.4) is 0 Å². The summed E-state index contributed by atoms with van der Waals surface area (Å²) in [6.45, 7) is 3.07. The van der Waals surface area contributed by atoms with Crippen molar-refractivity contribution >= 4 is 28.6 Å². The van der Waals surface area contributed by atoms with Crippen LogP contribution >= 0.6 is 0 Å². The second kappa shape index (κ2) is 10.3. The second-order valence-corrected chi connectivity index (χ2v) is 11.9. The summed E-state index contributed by atoms with van der Waals surface area (Å²) >= 11 is 0. The van der Waals surface area contributed by atoms with E-state index in [1.807, 2.05) is 29.2 Å². The third kappa shape index (κ3) is 4.73. The number of aromatic nitrogens is 2. The van der Waals surface area contributed by atoms with Crippen molar-refractivity contribution in [3.63, 3.8) is 0 Å². The summed E-state index contributed by atoms with van der Waals surface area (Å²) < 4.78 is 19.3. The largest absolute Gasteiger partial charge is 0.496 e. The number of rotatable bonds is 5. The number of pyridine rings is 1. The number of benzene rings is 2. The monoisotopic (exact) mass is 579 g/mol. The molecule has 4 aromatic rings. The lowest BCUT2D eigenvalue weighted by molar-refractivity contribution is -0.00571. The highest BCUT2D eigenvalue weighted by Crippen LogP contribution is 2.43. The number of nitrogens with zero attached hydrogens (tertiary/aromatic N) is 3. The standard InChI is InChI=1S/C34H33N3O6/c1-20-19-37(25-5-6-25)27-14-22(15-30(41-2)31(20)27)32(39)36-10-8-34(9-11-36)16-28(38)26-13-21(4-7-29(26)43-34)23-12-24(18-35-17-23)33(40)42-3/h4,7,12-15,17-19,25H,5-6,8-11,16H2,1-3H3. The molecule has 0 bridgehead atoms. The number of ether oxygens (including phenoxy) is 3. The Bertz CT molecular complexity index is 1800. The van der Waals surface area contributed by atoms with Gasteiger partial charge < -0.3 is 23.7 Å². The van der Waals surface area contributed by atoms with E-state index in [0.29, 0.717) is 60.0 Å². The molecular weight excluding hydrogens is 546 g/mol. The van der Waals surface area contributed by atoms with Crippen molar-refractivity contribution < 1.29 is 28.6 Å². The van der Waals surface area contributed by atoms with Crippen LogP contribution in [0.15, 0.2) is 55.0 Å². The molecule has 2 fully saturated rings. The number of methoxy groups -OCH3 is 2. The van der Waals surface area contributed by atoms with Crippen molar-refractivity contribution in [2.75, 3.05) is 27.3 Å². The number of hydrogen-bond donors (Lipinski definition) is 0. The lowest BCUT2D eigenvalue weighted by atomic mass is 9.82. The Balaban J connectivity index is 1.09. The van der Waals surface area contributed by atoms with Gasteiger partial charge in [-0.25, -0.2) is 4.79 Å². The molecule has 2 aromatic heterocycles. The Labute approximate surface area is 249 Å². The summed E-state index contributed by atoms with van der Waals surface area (Å²) in [5.41, 5.74) is 4.49. The quantitative estimate of drug-likeness (QED) is 0.276. The molecule has 0 unspecified atom stereocenters. The highest BCUT2D eigenvalue weighted by Gasteiger charge is 2.44. The highest BCUT2D eigenvalue weighted by molar-refractivity contribution is 6.03. The minimum atomic E-state index is -0.645. The minimum Gasteiger partial charge on any atom is -0.496 e. The molecule has 0 N–H and O–H groups in total. The zero-order chi connectivity index (χ0) is 29.9. The molecule has 2 aromatic carbocycles. The number of likely N-dealkylation sites (tertiary alicyclic amines) is 1. The number of hydrogen-bond acceptors (Lipinski definition) is 7. The van der Waals surface area contributed by atoms with E-state index in [0.717, 1.165) is 40.6 Å². The van der Waals surface area contributed by atoms with E-state index in [2.05, 4.69) is 22.7 Å². The number of aryl methyl sites for hydroxylation is 1. The van der Waals surface area contributed by atoms with Crippen molar-refractivity contribution in [1.29, 1.82) is 0 Å². The number of piperidine rings is 1. The Morgan fingerprint density at radius 2 is 1.79 bits per heavy atom. The van der Waals surface area contributed by atoms with Gasteiger partial charge in [-0.1, -0.05) is 6.07 Å². The molecule has 4 heterocycles. The topological polar surface area (TPSA) is 100.0 Å². The van der Waals surface area contributed by atoms with Gasteiger partial charge in [-0.3, -0.25) is 14.6 Å². The molecule has 9 nitrogen and oxygen atoms in total. The molecule has 2 aliphatic heterocycles. The average Bonchev–Trinajstić information content (AvgIpc) is 3.82. The maximum absolute atomic E-state index is 13.7. The molecular formula is C34H33N3O6. The van der Waals surface area contributed by atoms with Crippen LogP contribution < -0.4 is 9.47 Å². The summed E-state index contributed by atoms with van der Waals surface area (Å²) in [5, 5.41) is 1.06. The molecule has 0 radical (unpaired) electrons.